The zero-order chi connectivity index (χ0) is 13.7. The minimum absolute atomic E-state index is 0.0907. The number of hydrogen-bond acceptors (Lipinski definition) is 5. The maximum Gasteiger partial charge on any atom is 0.289 e. The minimum atomic E-state index is -0.526. The molecule has 0 saturated carbocycles. The van der Waals surface area contributed by atoms with Crippen LogP contribution in [-0.2, 0) is 0 Å². The summed E-state index contributed by atoms with van der Waals surface area (Å²) >= 11 is 0. The van der Waals surface area contributed by atoms with Gasteiger partial charge in [-0.25, -0.2) is 0 Å². The molecule has 6 heteroatoms. The Balaban J connectivity index is 1.95. The zero-order valence-electron chi connectivity index (χ0n) is 10.6. The van der Waals surface area contributed by atoms with Gasteiger partial charge in [-0.05, 0) is 37.9 Å². The Morgan fingerprint density at radius 3 is 3.05 bits per heavy atom. The average molecular weight is 260 g/mol. The van der Waals surface area contributed by atoms with Crippen LogP contribution in [0.3, 0.4) is 0 Å². The highest BCUT2D eigenvalue weighted by Crippen LogP contribution is 2.22. The van der Waals surface area contributed by atoms with Gasteiger partial charge in [0.2, 0.25) is 0 Å². The summed E-state index contributed by atoms with van der Waals surface area (Å²) in [5.74, 6) is 0. The summed E-state index contributed by atoms with van der Waals surface area (Å²) in [6, 6.07) is 6.97. The Kier molecular flexibility index (Phi) is 4.31. The van der Waals surface area contributed by atoms with Gasteiger partial charge in [0.1, 0.15) is 11.6 Å². The molecule has 1 fully saturated rings. The number of hydrogen-bond donors (Lipinski definition) is 2. The predicted octanol–water partition coefficient (Wildman–Crippen LogP) is 2.02. The Hall–Kier alpha value is -2.13. The fourth-order valence-electron chi connectivity index (χ4n) is 2.28. The molecule has 0 spiro atoms. The maximum atomic E-state index is 10.8. The lowest BCUT2D eigenvalue weighted by Crippen LogP contribution is -2.24. The van der Waals surface area contributed by atoms with Crippen LogP contribution in [0.4, 0.5) is 11.4 Å². The van der Waals surface area contributed by atoms with Crippen LogP contribution in [0.2, 0.25) is 0 Å². The molecule has 1 aromatic carbocycles. The molecule has 0 aromatic heterocycles. The van der Waals surface area contributed by atoms with Crippen molar-refractivity contribution >= 4 is 11.4 Å². The monoisotopic (exact) mass is 260 g/mol. The molecule has 100 valence electrons. The number of nitro groups is 1. The highest BCUT2D eigenvalue weighted by molar-refractivity contribution is 5.59. The van der Waals surface area contributed by atoms with E-state index in [2.05, 4.69) is 10.6 Å². The van der Waals surface area contributed by atoms with Crippen molar-refractivity contribution in [1.29, 1.82) is 5.26 Å². The molecule has 1 heterocycles. The molecule has 19 heavy (non-hydrogen) atoms. The van der Waals surface area contributed by atoms with Gasteiger partial charge in [0.25, 0.3) is 5.69 Å². The third-order valence-corrected chi connectivity index (χ3v) is 3.30. The van der Waals surface area contributed by atoms with Crippen molar-refractivity contribution < 1.29 is 4.92 Å². The second-order valence-electron chi connectivity index (χ2n) is 4.61. The van der Waals surface area contributed by atoms with E-state index in [-0.39, 0.29) is 11.3 Å². The molecule has 1 aromatic rings. The molecule has 2 rings (SSSR count). The van der Waals surface area contributed by atoms with Crippen LogP contribution in [0.15, 0.2) is 18.2 Å². The first-order valence-corrected chi connectivity index (χ1v) is 6.36. The Labute approximate surface area is 111 Å². The second-order valence-corrected chi connectivity index (χ2v) is 4.61. The maximum absolute atomic E-state index is 10.8. The second kappa shape index (κ2) is 6.16. The number of nitrogens with zero attached hydrogens (tertiary/aromatic N) is 2. The van der Waals surface area contributed by atoms with Gasteiger partial charge >= 0.3 is 0 Å². The van der Waals surface area contributed by atoms with Crippen molar-refractivity contribution in [2.45, 2.75) is 25.3 Å². The summed E-state index contributed by atoms with van der Waals surface area (Å²) in [4.78, 5) is 10.3. The van der Waals surface area contributed by atoms with Gasteiger partial charge in [0.05, 0.1) is 4.92 Å². The zero-order valence-corrected chi connectivity index (χ0v) is 10.6. The summed E-state index contributed by atoms with van der Waals surface area (Å²) in [6.45, 7) is 1.84. The Morgan fingerprint density at radius 1 is 1.58 bits per heavy atom. The van der Waals surface area contributed by atoms with E-state index in [1.54, 1.807) is 6.07 Å². The first-order valence-electron chi connectivity index (χ1n) is 6.36. The van der Waals surface area contributed by atoms with Crippen molar-refractivity contribution in [1.82, 2.24) is 5.32 Å². The van der Waals surface area contributed by atoms with E-state index >= 15 is 0 Å². The van der Waals surface area contributed by atoms with Crippen molar-refractivity contribution in [3.8, 4) is 6.07 Å². The molecule has 1 saturated heterocycles. The van der Waals surface area contributed by atoms with Gasteiger partial charge in [-0.3, -0.25) is 10.1 Å². The summed E-state index contributed by atoms with van der Waals surface area (Å²) in [5, 5.41) is 26.2. The van der Waals surface area contributed by atoms with E-state index in [4.69, 9.17) is 5.26 Å². The van der Waals surface area contributed by atoms with Gasteiger partial charge in [0.15, 0.2) is 0 Å². The molecule has 1 aliphatic rings. The fourth-order valence-corrected chi connectivity index (χ4v) is 2.28. The van der Waals surface area contributed by atoms with Crippen molar-refractivity contribution in [3.63, 3.8) is 0 Å². The highest BCUT2D eigenvalue weighted by atomic mass is 16.6. The molecule has 1 unspecified atom stereocenters. The Morgan fingerprint density at radius 2 is 2.42 bits per heavy atom. The van der Waals surface area contributed by atoms with E-state index in [0.717, 1.165) is 19.5 Å². The third-order valence-electron chi connectivity index (χ3n) is 3.30. The van der Waals surface area contributed by atoms with Crippen LogP contribution in [0.25, 0.3) is 0 Å². The molecule has 0 aliphatic carbocycles. The predicted molar refractivity (Wildman–Crippen MR) is 71.9 cm³/mol. The van der Waals surface area contributed by atoms with E-state index in [1.165, 1.54) is 25.0 Å². The van der Waals surface area contributed by atoms with Gasteiger partial charge < -0.3 is 10.6 Å². The van der Waals surface area contributed by atoms with Crippen molar-refractivity contribution in [3.05, 3.63) is 33.9 Å². The molecule has 6 nitrogen and oxygen atoms in total. The summed E-state index contributed by atoms with van der Waals surface area (Å²) in [6.07, 6.45) is 3.40. The highest BCUT2D eigenvalue weighted by Gasteiger charge is 2.15. The first kappa shape index (κ1) is 13.3. The molecule has 0 amide bonds. The number of benzene rings is 1. The normalized spacial score (nSPS) is 17.9. The summed E-state index contributed by atoms with van der Waals surface area (Å²) in [5.41, 5.74) is 0.628. The minimum Gasteiger partial charge on any atom is -0.385 e. The number of anilines is 1. The van der Waals surface area contributed by atoms with E-state index in [0.29, 0.717) is 11.7 Å². The average Bonchev–Trinajstić information content (AvgIpc) is 2.91. The SMILES string of the molecule is N#Cc1ccc(NCCC2CCCN2)cc1[N+](=O)[O-]. The topological polar surface area (TPSA) is 91.0 Å². The number of nitriles is 1. The summed E-state index contributed by atoms with van der Waals surface area (Å²) < 4.78 is 0. The smallest absolute Gasteiger partial charge is 0.289 e. The lowest BCUT2D eigenvalue weighted by Gasteiger charge is -2.11. The lowest BCUT2D eigenvalue weighted by atomic mass is 10.1. The molecule has 1 atom stereocenters. The quantitative estimate of drug-likeness (QED) is 0.624. The summed E-state index contributed by atoms with van der Waals surface area (Å²) in [7, 11) is 0. The van der Waals surface area contributed by atoms with Crippen LogP contribution in [0.5, 0.6) is 0 Å². The molecule has 1 aliphatic heterocycles. The van der Waals surface area contributed by atoms with Gasteiger partial charge in [0, 0.05) is 24.3 Å². The third kappa shape index (κ3) is 3.42. The van der Waals surface area contributed by atoms with Crippen LogP contribution in [0, 0.1) is 21.4 Å². The van der Waals surface area contributed by atoms with E-state index in [9.17, 15) is 10.1 Å². The van der Waals surface area contributed by atoms with E-state index < -0.39 is 4.92 Å². The van der Waals surface area contributed by atoms with Crippen molar-refractivity contribution in [2.24, 2.45) is 0 Å². The molecule has 0 radical (unpaired) electrons. The van der Waals surface area contributed by atoms with Gasteiger partial charge in [-0.2, -0.15) is 5.26 Å². The molecular weight excluding hydrogens is 244 g/mol. The van der Waals surface area contributed by atoms with E-state index in [1.807, 2.05) is 6.07 Å². The number of rotatable bonds is 5. The van der Waals surface area contributed by atoms with Crippen LogP contribution >= 0.6 is 0 Å². The van der Waals surface area contributed by atoms with Gasteiger partial charge in [-0.15, -0.1) is 0 Å². The van der Waals surface area contributed by atoms with Crippen LogP contribution in [0.1, 0.15) is 24.8 Å². The van der Waals surface area contributed by atoms with Crippen LogP contribution in [-0.4, -0.2) is 24.1 Å². The largest absolute Gasteiger partial charge is 0.385 e. The Bertz CT molecular complexity index is 504. The number of nitro benzene ring substituents is 1. The molecular formula is C13H16N4O2. The van der Waals surface area contributed by atoms with Crippen LogP contribution < -0.4 is 10.6 Å². The standard InChI is InChI=1S/C13H16N4O2/c14-9-10-3-4-12(8-13(10)17(18)19)16-7-5-11-2-1-6-15-11/h3-4,8,11,15-16H,1-2,5-7H2. The number of nitrogens with one attached hydrogen (secondary N) is 2. The fraction of sp³-hybridized carbons (Fsp3) is 0.462. The lowest BCUT2D eigenvalue weighted by molar-refractivity contribution is -0.385. The van der Waals surface area contributed by atoms with Gasteiger partial charge in [-0.1, -0.05) is 0 Å². The molecule has 0 bridgehead atoms. The molecule has 2 N–H and O–H groups in total. The first-order chi connectivity index (χ1) is 9.20. The van der Waals surface area contributed by atoms with Crippen molar-refractivity contribution in [2.75, 3.05) is 18.4 Å².